The van der Waals surface area contributed by atoms with Gasteiger partial charge in [-0.2, -0.15) is 0 Å². The molecular weight excluding hydrogens is 1540 g/mol. The lowest BCUT2D eigenvalue weighted by Gasteiger charge is -2.37. The Hall–Kier alpha value is -11.4. The number of unbranched alkanes of at least 4 members (excludes halogenated alkanes) is 1. The maximum atomic E-state index is 14.8. The summed E-state index contributed by atoms with van der Waals surface area (Å²) in [5, 5.41) is 40.7. The fourth-order valence-corrected chi connectivity index (χ4v) is 15.8. The normalized spacial score (nSPS) is 19.1. The lowest BCUT2D eigenvalue weighted by Crippen LogP contribution is -2.62. The molecule has 4 heterocycles. The van der Waals surface area contributed by atoms with Crippen LogP contribution in [0.3, 0.4) is 0 Å². The number of imide groups is 1. The van der Waals surface area contributed by atoms with Crippen LogP contribution in [0.2, 0.25) is 0 Å². The highest BCUT2D eigenvalue weighted by molar-refractivity contribution is 8.00. The van der Waals surface area contributed by atoms with Gasteiger partial charge in [-0.3, -0.25) is 72.6 Å². The Bertz CT molecular complexity index is 4450. The zero-order chi connectivity index (χ0) is 84.9. The number of aliphatic hydroxyl groups excluding tert-OH is 1. The number of nitrogens with zero attached hydrogens (tertiary/aromatic N) is 1. The van der Waals surface area contributed by atoms with E-state index in [2.05, 4.69) is 47.5 Å². The fourth-order valence-electron chi connectivity index (χ4n) is 14.6. The second-order valence-corrected chi connectivity index (χ2v) is 31.0. The first-order chi connectivity index (χ1) is 56.0. The number of nitrogens with one attached hydrogen (secondary N) is 10. The van der Waals surface area contributed by atoms with E-state index in [-0.39, 0.29) is 100 Å². The van der Waals surface area contributed by atoms with Crippen LogP contribution in [0, 0.1) is 29.1 Å². The number of amides is 10. The molecule has 3 unspecified atom stereocenters. The first-order valence-electron chi connectivity index (χ1n) is 39.2. The number of thioether (sulfide) groups is 1. The average Bonchev–Trinajstić information content (AvgIpc) is 1.59. The van der Waals surface area contributed by atoms with Crippen molar-refractivity contribution in [1.29, 1.82) is 5.41 Å². The van der Waals surface area contributed by atoms with E-state index in [1.54, 1.807) is 58.2 Å². The zero-order valence-electron chi connectivity index (χ0n) is 66.5. The van der Waals surface area contributed by atoms with Crippen LogP contribution >= 0.6 is 11.8 Å². The second-order valence-electron chi connectivity index (χ2n) is 29.8. The number of aromatic amines is 1. The van der Waals surface area contributed by atoms with Crippen LogP contribution in [0.1, 0.15) is 145 Å². The lowest BCUT2D eigenvalue weighted by atomic mass is 9.66. The highest BCUT2D eigenvalue weighted by Crippen LogP contribution is 2.56. The summed E-state index contributed by atoms with van der Waals surface area (Å²) in [5.41, 5.74) is 27.3. The van der Waals surface area contributed by atoms with Gasteiger partial charge in [-0.15, -0.1) is 11.8 Å². The average molecular weight is 1640 g/mol. The van der Waals surface area contributed by atoms with Crippen molar-refractivity contribution in [1.82, 2.24) is 52.4 Å². The van der Waals surface area contributed by atoms with Crippen LogP contribution in [0.15, 0.2) is 85.1 Å². The van der Waals surface area contributed by atoms with Crippen molar-refractivity contribution < 1.29 is 95.9 Å². The molecule has 5 aromatic rings. The Labute approximate surface area is 680 Å². The molecule has 0 saturated carbocycles. The van der Waals surface area contributed by atoms with Crippen molar-refractivity contribution in [2.24, 2.45) is 46.6 Å². The molecule has 1 aliphatic carbocycles. The van der Waals surface area contributed by atoms with E-state index in [1.807, 2.05) is 54.6 Å². The van der Waals surface area contributed by atoms with Crippen LogP contribution in [0.25, 0.3) is 10.9 Å². The van der Waals surface area contributed by atoms with E-state index in [0.29, 0.717) is 53.0 Å². The number of ether oxygens (including phenoxy) is 6. The number of H-pyrrole nitrogens is 1. The predicted octanol–water partition coefficient (Wildman–Crippen LogP) is 1.58. The number of primary amides is 1. The first-order valence-corrected chi connectivity index (χ1v) is 40.3. The largest absolute Gasteiger partial charge is 0.493 e. The van der Waals surface area contributed by atoms with E-state index in [9.17, 15) is 67.4 Å². The van der Waals surface area contributed by atoms with Gasteiger partial charge in [0.15, 0.2) is 34.7 Å². The van der Waals surface area contributed by atoms with Gasteiger partial charge >= 0.3 is 11.9 Å². The first kappa shape index (κ1) is 89.6. The molecule has 9 rings (SSSR count). The zero-order valence-corrected chi connectivity index (χ0v) is 67.4. The summed E-state index contributed by atoms with van der Waals surface area (Å²) >= 11 is 0.875. The second kappa shape index (κ2) is 42.0. The number of likely N-dealkylation sites (tertiary alicyclic amines) is 1. The van der Waals surface area contributed by atoms with Crippen LogP contribution in [0.5, 0.6) is 28.7 Å². The van der Waals surface area contributed by atoms with Crippen molar-refractivity contribution in [2.75, 3.05) is 53.0 Å². The molecule has 36 heteroatoms. The molecule has 0 bridgehead atoms. The van der Waals surface area contributed by atoms with Crippen molar-refractivity contribution in [3.63, 3.8) is 0 Å². The Morgan fingerprint density at radius 2 is 1.24 bits per heavy atom. The number of esters is 2. The number of carbonyl (C=O) groups is 13. The Morgan fingerprint density at radius 1 is 0.675 bits per heavy atom. The molecule has 10 amide bonds. The van der Waals surface area contributed by atoms with Crippen molar-refractivity contribution in [3.8, 4) is 28.7 Å². The molecule has 4 aromatic carbocycles. The summed E-state index contributed by atoms with van der Waals surface area (Å²) in [7, 11) is 2.66. The summed E-state index contributed by atoms with van der Waals surface area (Å²) in [6, 6.07) is 12.3. The van der Waals surface area contributed by atoms with Gasteiger partial charge in [-0.1, -0.05) is 89.1 Å². The molecule has 3 aliphatic heterocycles. The number of benzene rings is 4. The minimum absolute atomic E-state index is 0.00995. The Kier molecular flexibility index (Phi) is 32.1. The van der Waals surface area contributed by atoms with Gasteiger partial charge in [0.25, 0.3) is 0 Å². The van der Waals surface area contributed by atoms with Gasteiger partial charge in [0.05, 0.1) is 56.6 Å². The van der Waals surface area contributed by atoms with Crippen molar-refractivity contribution >= 4 is 105 Å². The predicted molar refractivity (Wildman–Crippen MR) is 428 cm³/mol. The SMILES string of the molecule is CCC(C)[C@H](NC(=O)[C@H](CCCCN)NC(=O)[C@@H](NC(=O)[C@H](CCC(N)=O)NC(=O)[C@H](CCCNC(=N)N)NC(=O)[C@@H](N)CSC1CC(=O)N(CCC(=O)Oc2c(OC)cc([C@@H]3c4cc5c(cc4[C@@H](O)[C@H]4COC(=O)[C@H]34)OCO5)cc2OC)C1=O)C(C)CC)C(=O)N[C@@H](Cc1c[nH]c2ccccc12)C(=O)N[C@@H](Cc1ccccc1)C(C)=O. The molecule has 117 heavy (non-hydrogen) atoms. The fraction of sp³-hybridized carbons (Fsp3) is 0.506. The quantitative estimate of drug-likeness (QED) is 0.00657. The van der Waals surface area contributed by atoms with Crippen LogP contribution in [-0.4, -0.2) is 204 Å². The number of aliphatic hydroxyl groups is 1. The van der Waals surface area contributed by atoms with Crippen LogP contribution < -0.4 is 89.2 Å². The third-order valence-corrected chi connectivity index (χ3v) is 23.0. The summed E-state index contributed by atoms with van der Waals surface area (Å²) in [5.74, 6) is -13.0. The maximum Gasteiger partial charge on any atom is 0.313 e. The molecule has 2 fully saturated rings. The molecule has 15 atom stereocenters. The highest BCUT2D eigenvalue weighted by Gasteiger charge is 2.53. The Balaban J connectivity index is 0.831. The van der Waals surface area contributed by atoms with E-state index in [4.69, 9.17) is 56.8 Å². The highest BCUT2D eigenvalue weighted by atomic mass is 32.2. The number of fused-ring (bicyclic) bond motifs is 4. The third kappa shape index (κ3) is 23.1. The maximum absolute atomic E-state index is 14.8. The van der Waals surface area contributed by atoms with Gasteiger partial charge < -0.3 is 104 Å². The van der Waals surface area contributed by atoms with Crippen LogP contribution in [-0.2, 0) is 79.9 Å². The molecule has 2 saturated heterocycles. The summed E-state index contributed by atoms with van der Waals surface area (Å²) in [6.07, 6.45) is 0.461. The van der Waals surface area contributed by atoms with E-state index in [0.717, 1.165) is 33.1 Å². The summed E-state index contributed by atoms with van der Waals surface area (Å²) < 4.78 is 33.9. The lowest BCUT2D eigenvalue weighted by molar-refractivity contribution is -0.142. The van der Waals surface area contributed by atoms with E-state index < -0.39 is 192 Å². The molecule has 35 nitrogen and oxygen atoms in total. The smallest absolute Gasteiger partial charge is 0.313 e. The van der Waals surface area contributed by atoms with Gasteiger partial charge in [0.1, 0.15) is 36.3 Å². The third-order valence-electron chi connectivity index (χ3n) is 21.7. The van der Waals surface area contributed by atoms with Gasteiger partial charge in [0, 0.05) is 67.0 Å². The topological polar surface area (TPSA) is 541 Å². The number of hydrogen-bond donors (Lipinski definition) is 15. The molecule has 0 spiro atoms. The van der Waals surface area contributed by atoms with Crippen molar-refractivity contribution in [2.45, 2.75) is 184 Å². The minimum Gasteiger partial charge on any atom is -0.493 e. The van der Waals surface area contributed by atoms with Gasteiger partial charge in [-0.25, -0.2) is 0 Å². The van der Waals surface area contributed by atoms with Gasteiger partial charge in [-0.05, 0) is 128 Å². The minimum atomic E-state index is -1.60. The number of para-hydroxylation sites is 1. The number of cyclic esters (lactones) is 1. The molecule has 4 aliphatic rings. The molecule has 0 radical (unpaired) electrons. The number of nitrogens with two attached hydrogens (primary N) is 4. The number of carbonyl (C=O) groups excluding carboxylic acids is 13. The standard InChI is InChI=1S/C81H107N15O20S/c1-8-41(3)68(77(107)91-53(22-15-16-27-82)74(104)94-69(42(4)9-2)78(108)93-57(31-46-37-88-52-21-14-13-20-47(46)52)76(106)92-56(43(5)97)30-44-18-11-10-12-19-44)95-75(105)55(24-25-63(84)98)90-73(103)54(23-17-28-87-81(85)86)89-72(102)51(83)39-117-62-36-64(99)96(79(62)109)29-26-65(100)116-71-60(111-6)32-45(33-61(71)112-7)66-48-34-58-59(115-40-114-58)35-49(48)70(101)50-38-113-80(110)67(50)66/h10-14,18-21,32-35,37,41-42,50-51,53-57,62,66-70,88,101H,8-9,15-17,22-31,36,38-40,82-83H2,1-7H3,(H2,84,98)(H,89,102)(H,90,103)(H,91,107)(H,92,106)(H,93,108)(H,94,104)(H,95,105)(H4,85,86,87)/t41?,42?,50-,51-,53-,54-,55-,56-,57-,62?,66+,67-,68-,69-,70+/m0/s1. The number of Topliss-reactive ketones (excluding diaryl/α,β-unsaturated/α-hetero) is 1. The molecular formula is C81H107N15O20S. The molecule has 632 valence electrons. The molecule has 19 N–H and O–H groups in total. The number of hydrogen-bond acceptors (Lipinski definition) is 24. The Morgan fingerprint density at radius 3 is 1.85 bits per heavy atom. The van der Waals surface area contributed by atoms with E-state index >= 15 is 0 Å². The monoisotopic (exact) mass is 1640 g/mol. The number of aromatic nitrogens is 1. The number of methoxy groups -OCH3 is 2. The van der Waals surface area contributed by atoms with Crippen LogP contribution in [0.4, 0.5) is 0 Å². The summed E-state index contributed by atoms with van der Waals surface area (Å²) in [6.45, 7) is 8.09. The van der Waals surface area contributed by atoms with E-state index in [1.165, 1.54) is 21.1 Å². The van der Waals surface area contributed by atoms with Crippen molar-refractivity contribution in [3.05, 3.63) is 113 Å². The summed E-state index contributed by atoms with van der Waals surface area (Å²) in [4.78, 5) is 186. The number of guanidine groups is 1. The number of rotatable bonds is 44. The van der Waals surface area contributed by atoms with Gasteiger partial charge in [0.2, 0.25) is 71.6 Å². The number of ketones is 1. The molecule has 1 aromatic heterocycles.